The molecule has 0 unspecified atom stereocenters. The van der Waals surface area contributed by atoms with Crippen molar-refractivity contribution in [3.05, 3.63) is 87.9 Å². The second-order valence-corrected chi connectivity index (χ2v) is 6.44. The number of ether oxygens (including phenoxy) is 3. The molecule has 126 valence electrons. The Balaban J connectivity index is 1.88. The van der Waals surface area contributed by atoms with Gasteiger partial charge in [0, 0.05) is 11.1 Å². The molecule has 0 fully saturated rings. The Labute approximate surface area is 155 Å². The first kappa shape index (κ1) is 16.1. The predicted octanol–water partition coefficient (Wildman–Crippen LogP) is 5.67. The van der Waals surface area contributed by atoms with Crippen LogP contribution in [0.3, 0.4) is 0 Å². The molecule has 3 aromatic rings. The summed E-state index contributed by atoms with van der Waals surface area (Å²) in [6, 6.07) is 20.5. The number of hydrogen-bond acceptors (Lipinski definition) is 3. The van der Waals surface area contributed by atoms with E-state index in [2.05, 4.69) is 0 Å². The molecule has 3 nitrogen and oxygen atoms in total. The summed E-state index contributed by atoms with van der Waals surface area (Å²) in [5.41, 5.74) is 1.58. The summed E-state index contributed by atoms with van der Waals surface area (Å²) in [5, 5.41) is 0.918. The molecule has 1 heterocycles. The van der Waals surface area contributed by atoms with Gasteiger partial charge >= 0.3 is 5.79 Å². The average molecular weight is 373 g/mol. The van der Waals surface area contributed by atoms with E-state index in [1.165, 1.54) is 0 Å². The largest absolute Gasteiger partial charge is 0.497 e. The van der Waals surface area contributed by atoms with Crippen molar-refractivity contribution in [2.75, 3.05) is 7.11 Å². The van der Waals surface area contributed by atoms with E-state index in [-0.39, 0.29) is 0 Å². The minimum Gasteiger partial charge on any atom is -0.497 e. The van der Waals surface area contributed by atoms with E-state index in [4.69, 9.17) is 37.4 Å². The molecule has 5 heteroatoms. The number of methoxy groups -OCH3 is 1. The molecule has 0 atom stereocenters. The van der Waals surface area contributed by atoms with Crippen molar-refractivity contribution in [3.63, 3.8) is 0 Å². The van der Waals surface area contributed by atoms with Crippen LogP contribution in [0, 0.1) is 0 Å². The first-order chi connectivity index (χ1) is 12.1. The van der Waals surface area contributed by atoms with E-state index in [1.807, 2.05) is 54.6 Å². The van der Waals surface area contributed by atoms with Crippen molar-refractivity contribution in [3.8, 4) is 17.2 Å². The van der Waals surface area contributed by atoms with Crippen LogP contribution in [-0.2, 0) is 5.79 Å². The van der Waals surface area contributed by atoms with Crippen molar-refractivity contribution in [2.45, 2.75) is 5.79 Å². The van der Waals surface area contributed by atoms with Gasteiger partial charge in [0.25, 0.3) is 0 Å². The highest BCUT2D eigenvalue weighted by Gasteiger charge is 2.45. The Kier molecular flexibility index (Phi) is 3.98. The molecule has 0 radical (unpaired) electrons. The molecule has 0 aliphatic carbocycles. The number of para-hydroxylation sites is 2. The van der Waals surface area contributed by atoms with Crippen LogP contribution in [0.25, 0.3) is 0 Å². The second-order valence-electron chi connectivity index (χ2n) is 5.62. The molecular formula is C20H14Cl2O3. The molecule has 0 bridgehead atoms. The van der Waals surface area contributed by atoms with Crippen molar-refractivity contribution >= 4 is 23.2 Å². The monoisotopic (exact) mass is 372 g/mol. The molecule has 1 aliphatic rings. The highest BCUT2D eigenvalue weighted by atomic mass is 35.5. The second kappa shape index (κ2) is 6.17. The van der Waals surface area contributed by atoms with Gasteiger partial charge < -0.3 is 14.2 Å². The third-order valence-electron chi connectivity index (χ3n) is 4.13. The number of hydrogen-bond donors (Lipinski definition) is 0. The van der Waals surface area contributed by atoms with Crippen LogP contribution < -0.4 is 14.2 Å². The summed E-state index contributed by atoms with van der Waals surface area (Å²) in [7, 11) is 1.63. The fourth-order valence-electron chi connectivity index (χ4n) is 2.86. The third-order valence-corrected chi connectivity index (χ3v) is 4.87. The van der Waals surface area contributed by atoms with Gasteiger partial charge in [-0.2, -0.15) is 0 Å². The SMILES string of the molecule is COc1ccc(C2(c3ccc(Cl)c(Cl)c3)Oc3ccccc3O2)cc1. The molecule has 4 rings (SSSR count). The predicted molar refractivity (Wildman–Crippen MR) is 97.9 cm³/mol. The van der Waals surface area contributed by atoms with Gasteiger partial charge in [-0.1, -0.05) is 35.3 Å². The molecular weight excluding hydrogens is 359 g/mol. The zero-order valence-corrected chi connectivity index (χ0v) is 14.8. The molecule has 0 N–H and O–H groups in total. The maximum atomic E-state index is 6.27. The lowest BCUT2D eigenvalue weighted by atomic mass is 9.97. The lowest BCUT2D eigenvalue weighted by molar-refractivity contribution is -0.0459. The van der Waals surface area contributed by atoms with Crippen LogP contribution in [0.2, 0.25) is 10.0 Å². The summed E-state index contributed by atoms with van der Waals surface area (Å²) in [6.07, 6.45) is 0. The standard InChI is InChI=1S/C20H14Cl2O3/c1-23-15-9-6-13(7-10-15)20(14-8-11-16(21)17(22)12-14)24-18-4-2-3-5-19(18)25-20/h2-12H,1H3. The van der Waals surface area contributed by atoms with Gasteiger partial charge in [-0.05, 0) is 54.6 Å². The first-order valence-electron chi connectivity index (χ1n) is 7.69. The Hall–Kier alpha value is -2.36. The fraction of sp³-hybridized carbons (Fsp3) is 0.100. The van der Waals surface area contributed by atoms with E-state index in [9.17, 15) is 0 Å². The summed E-state index contributed by atoms with van der Waals surface area (Å²) in [6.45, 7) is 0. The fourth-order valence-corrected chi connectivity index (χ4v) is 3.16. The van der Waals surface area contributed by atoms with Gasteiger partial charge in [0.05, 0.1) is 17.2 Å². The van der Waals surface area contributed by atoms with Crippen molar-refractivity contribution in [1.29, 1.82) is 0 Å². The van der Waals surface area contributed by atoms with E-state index in [0.29, 0.717) is 21.5 Å². The van der Waals surface area contributed by atoms with Crippen LogP contribution in [-0.4, -0.2) is 7.11 Å². The molecule has 1 aliphatic heterocycles. The minimum atomic E-state index is -1.13. The Morgan fingerprint density at radius 1 is 0.760 bits per heavy atom. The van der Waals surface area contributed by atoms with Crippen LogP contribution in [0.15, 0.2) is 66.7 Å². The summed E-state index contributed by atoms with van der Waals surface area (Å²) in [4.78, 5) is 0. The van der Waals surface area contributed by atoms with Gasteiger partial charge in [0.15, 0.2) is 11.5 Å². The van der Waals surface area contributed by atoms with Crippen molar-refractivity contribution < 1.29 is 14.2 Å². The molecule has 0 saturated heterocycles. The smallest absolute Gasteiger partial charge is 0.305 e. The van der Waals surface area contributed by atoms with E-state index in [1.54, 1.807) is 19.2 Å². The van der Waals surface area contributed by atoms with Crippen molar-refractivity contribution in [2.24, 2.45) is 0 Å². The van der Waals surface area contributed by atoms with Crippen LogP contribution >= 0.6 is 23.2 Å². The Morgan fingerprint density at radius 2 is 1.36 bits per heavy atom. The first-order valence-corrected chi connectivity index (χ1v) is 8.45. The van der Waals surface area contributed by atoms with Crippen LogP contribution in [0.1, 0.15) is 11.1 Å². The van der Waals surface area contributed by atoms with E-state index >= 15 is 0 Å². The summed E-state index contributed by atoms with van der Waals surface area (Å²) >= 11 is 12.3. The van der Waals surface area contributed by atoms with E-state index in [0.717, 1.165) is 16.9 Å². The van der Waals surface area contributed by atoms with Gasteiger partial charge in [0.2, 0.25) is 0 Å². The van der Waals surface area contributed by atoms with Gasteiger partial charge in [-0.25, -0.2) is 0 Å². The minimum absolute atomic E-state index is 0.440. The Morgan fingerprint density at radius 3 is 1.92 bits per heavy atom. The molecule has 0 saturated carbocycles. The lowest BCUT2D eigenvalue weighted by Crippen LogP contribution is -2.36. The molecule has 0 amide bonds. The molecule has 0 spiro atoms. The highest BCUT2D eigenvalue weighted by Crippen LogP contribution is 2.48. The van der Waals surface area contributed by atoms with Crippen LogP contribution in [0.4, 0.5) is 0 Å². The number of halogens is 2. The molecule has 25 heavy (non-hydrogen) atoms. The van der Waals surface area contributed by atoms with Gasteiger partial charge in [-0.15, -0.1) is 0 Å². The molecule has 0 aromatic heterocycles. The quantitative estimate of drug-likeness (QED) is 0.592. The Bertz CT molecular complexity index is 897. The highest BCUT2D eigenvalue weighted by molar-refractivity contribution is 6.42. The van der Waals surface area contributed by atoms with Gasteiger partial charge in [0.1, 0.15) is 5.75 Å². The summed E-state index contributed by atoms with van der Waals surface area (Å²) < 4.78 is 17.8. The third kappa shape index (κ3) is 2.70. The van der Waals surface area contributed by atoms with Gasteiger partial charge in [-0.3, -0.25) is 0 Å². The average Bonchev–Trinajstić information content (AvgIpc) is 3.05. The van der Waals surface area contributed by atoms with E-state index < -0.39 is 5.79 Å². The molecule has 3 aromatic carbocycles. The zero-order chi connectivity index (χ0) is 17.4. The van der Waals surface area contributed by atoms with Crippen molar-refractivity contribution in [1.82, 2.24) is 0 Å². The number of fused-ring (bicyclic) bond motifs is 1. The normalized spacial score (nSPS) is 14.4. The van der Waals surface area contributed by atoms with Crippen LogP contribution in [0.5, 0.6) is 17.2 Å². The summed E-state index contributed by atoms with van der Waals surface area (Å²) in [5.74, 6) is 0.960. The maximum Gasteiger partial charge on any atom is 0.305 e. The topological polar surface area (TPSA) is 27.7 Å². The number of rotatable bonds is 3. The number of benzene rings is 3. The zero-order valence-electron chi connectivity index (χ0n) is 13.3. The lowest BCUT2D eigenvalue weighted by Gasteiger charge is -2.29. The maximum absolute atomic E-state index is 6.27.